The minimum Gasteiger partial charge on any atom is -0.258 e. The van der Waals surface area contributed by atoms with Crippen molar-refractivity contribution in [3.8, 4) is 0 Å². The van der Waals surface area contributed by atoms with Crippen LogP contribution in [-0.4, -0.2) is 36.6 Å². The van der Waals surface area contributed by atoms with Crippen LogP contribution in [0.25, 0.3) is 0 Å². The molecule has 0 aliphatic heterocycles. The second-order valence-corrected chi connectivity index (χ2v) is 6.52. The Kier molecular flexibility index (Phi) is 5.24. The SMILES string of the molecule is CN(CCBr)S(=O)(=O)Cc1ccccc1[N+](=O)[O-]. The third-order valence-corrected chi connectivity index (χ3v) is 4.56. The third-order valence-electron chi connectivity index (χ3n) is 2.40. The van der Waals surface area contributed by atoms with Gasteiger partial charge in [0.15, 0.2) is 0 Å². The first-order valence-corrected chi connectivity index (χ1v) is 7.84. The van der Waals surface area contributed by atoms with Gasteiger partial charge in [0.2, 0.25) is 10.0 Å². The van der Waals surface area contributed by atoms with Gasteiger partial charge in [-0.3, -0.25) is 10.1 Å². The maximum Gasteiger partial charge on any atom is 0.273 e. The molecule has 0 unspecified atom stereocenters. The summed E-state index contributed by atoms with van der Waals surface area (Å²) in [5, 5.41) is 11.3. The van der Waals surface area contributed by atoms with Gasteiger partial charge in [-0.15, -0.1) is 0 Å². The van der Waals surface area contributed by atoms with Crippen molar-refractivity contribution >= 4 is 31.6 Å². The van der Waals surface area contributed by atoms with E-state index in [0.717, 1.165) is 0 Å². The highest BCUT2D eigenvalue weighted by atomic mass is 79.9. The van der Waals surface area contributed by atoms with E-state index in [1.165, 1.54) is 29.6 Å². The van der Waals surface area contributed by atoms with Crippen LogP contribution >= 0.6 is 15.9 Å². The first-order chi connectivity index (χ1) is 8.38. The number of nitrogens with zero attached hydrogens (tertiary/aromatic N) is 2. The average molecular weight is 337 g/mol. The van der Waals surface area contributed by atoms with Gasteiger partial charge < -0.3 is 0 Å². The molecule has 0 fully saturated rings. The molecule has 1 rings (SSSR count). The highest BCUT2D eigenvalue weighted by molar-refractivity contribution is 9.09. The Labute approximate surface area is 114 Å². The zero-order chi connectivity index (χ0) is 13.8. The van der Waals surface area contributed by atoms with E-state index in [2.05, 4.69) is 15.9 Å². The summed E-state index contributed by atoms with van der Waals surface area (Å²) in [6.45, 7) is 0.322. The molecule has 8 heteroatoms. The van der Waals surface area contributed by atoms with Crippen LogP contribution in [0.1, 0.15) is 5.56 Å². The van der Waals surface area contributed by atoms with Crippen molar-refractivity contribution in [2.24, 2.45) is 0 Å². The quantitative estimate of drug-likeness (QED) is 0.450. The summed E-state index contributed by atoms with van der Waals surface area (Å²) in [6, 6.07) is 5.85. The number of hydrogen-bond acceptors (Lipinski definition) is 4. The Hall–Kier alpha value is -0.990. The van der Waals surface area contributed by atoms with E-state index in [0.29, 0.717) is 11.9 Å². The fourth-order valence-corrected chi connectivity index (χ4v) is 3.37. The van der Waals surface area contributed by atoms with Gasteiger partial charge in [0, 0.05) is 30.6 Å². The predicted octanol–water partition coefficient (Wildman–Crippen LogP) is 1.75. The molecule has 1 aromatic carbocycles. The van der Waals surface area contributed by atoms with Gasteiger partial charge in [-0.25, -0.2) is 12.7 Å². The zero-order valence-corrected chi connectivity index (χ0v) is 12.1. The van der Waals surface area contributed by atoms with Crippen molar-refractivity contribution in [1.29, 1.82) is 0 Å². The van der Waals surface area contributed by atoms with Gasteiger partial charge in [0.05, 0.1) is 10.7 Å². The van der Waals surface area contributed by atoms with Crippen molar-refractivity contribution in [3.05, 3.63) is 39.9 Å². The number of para-hydroxylation sites is 1. The Morgan fingerprint density at radius 1 is 1.39 bits per heavy atom. The van der Waals surface area contributed by atoms with Crippen LogP contribution < -0.4 is 0 Å². The Bertz CT molecular complexity index is 532. The lowest BCUT2D eigenvalue weighted by Crippen LogP contribution is -2.30. The number of hydrogen-bond donors (Lipinski definition) is 0. The molecule has 0 aliphatic rings. The molecule has 0 saturated carbocycles. The third kappa shape index (κ3) is 3.76. The highest BCUT2D eigenvalue weighted by Crippen LogP contribution is 2.21. The molecule has 18 heavy (non-hydrogen) atoms. The minimum absolute atomic E-state index is 0.173. The largest absolute Gasteiger partial charge is 0.273 e. The molecule has 0 saturated heterocycles. The number of rotatable bonds is 6. The lowest BCUT2D eigenvalue weighted by molar-refractivity contribution is -0.385. The molecule has 0 aromatic heterocycles. The van der Waals surface area contributed by atoms with E-state index >= 15 is 0 Å². The zero-order valence-electron chi connectivity index (χ0n) is 9.74. The molecule has 0 atom stereocenters. The van der Waals surface area contributed by atoms with Crippen LogP contribution in [-0.2, 0) is 15.8 Å². The standard InChI is InChI=1S/C10H13BrN2O4S/c1-12(7-6-11)18(16,17)8-9-4-2-3-5-10(9)13(14)15/h2-5H,6-8H2,1H3. The number of nitro benzene ring substituents is 1. The lowest BCUT2D eigenvalue weighted by Gasteiger charge is -2.15. The summed E-state index contributed by atoms with van der Waals surface area (Å²) >= 11 is 3.15. The molecule has 0 radical (unpaired) electrons. The molecule has 0 amide bonds. The second kappa shape index (κ2) is 6.26. The molecule has 100 valence electrons. The van der Waals surface area contributed by atoms with E-state index in [1.807, 2.05) is 0 Å². The van der Waals surface area contributed by atoms with Crippen molar-refractivity contribution in [1.82, 2.24) is 4.31 Å². The van der Waals surface area contributed by atoms with Crippen LogP contribution in [0.5, 0.6) is 0 Å². The summed E-state index contributed by atoms with van der Waals surface area (Å²) in [4.78, 5) is 10.2. The maximum atomic E-state index is 11.9. The minimum atomic E-state index is -3.53. The van der Waals surface area contributed by atoms with Gasteiger partial charge in [-0.05, 0) is 0 Å². The van der Waals surface area contributed by atoms with Crippen LogP contribution in [0.15, 0.2) is 24.3 Å². The molecule has 6 nitrogen and oxygen atoms in total. The lowest BCUT2D eigenvalue weighted by atomic mass is 10.2. The predicted molar refractivity (Wildman–Crippen MR) is 72.1 cm³/mol. The van der Waals surface area contributed by atoms with Crippen LogP contribution in [0.3, 0.4) is 0 Å². The first kappa shape index (κ1) is 15.1. The molecular formula is C10H13BrN2O4S. The fourth-order valence-electron chi connectivity index (χ4n) is 1.38. The Balaban J connectivity index is 3.01. The van der Waals surface area contributed by atoms with E-state index in [4.69, 9.17) is 0 Å². The van der Waals surface area contributed by atoms with Crippen molar-refractivity contribution in [2.45, 2.75) is 5.75 Å². The van der Waals surface area contributed by atoms with Crippen molar-refractivity contribution in [3.63, 3.8) is 0 Å². The van der Waals surface area contributed by atoms with E-state index in [1.54, 1.807) is 6.07 Å². The number of halogens is 1. The van der Waals surface area contributed by atoms with Gasteiger partial charge in [-0.1, -0.05) is 34.1 Å². The van der Waals surface area contributed by atoms with E-state index in [9.17, 15) is 18.5 Å². The number of sulfonamides is 1. The molecule has 0 bridgehead atoms. The number of alkyl halides is 1. The molecular weight excluding hydrogens is 324 g/mol. The van der Waals surface area contributed by atoms with Crippen LogP contribution in [0.4, 0.5) is 5.69 Å². The summed E-state index contributed by atoms with van der Waals surface area (Å²) in [5.74, 6) is -0.367. The summed E-state index contributed by atoms with van der Waals surface area (Å²) in [5.41, 5.74) is 0.0252. The van der Waals surface area contributed by atoms with Gasteiger partial charge in [0.1, 0.15) is 0 Å². The molecule has 0 N–H and O–H groups in total. The van der Waals surface area contributed by atoms with Gasteiger partial charge in [0.25, 0.3) is 5.69 Å². The summed E-state index contributed by atoms with van der Waals surface area (Å²) in [6.07, 6.45) is 0. The highest BCUT2D eigenvalue weighted by Gasteiger charge is 2.22. The van der Waals surface area contributed by atoms with Gasteiger partial charge >= 0.3 is 0 Å². The van der Waals surface area contributed by atoms with Gasteiger partial charge in [-0.2, -0.15) is 0 Å². The molecule has 1 aromatic rings. The smallest absolute Gasteiger partial charge is 0.258 e. The van der Waals surface area contributed by atoms with Crippen molar-refractivity contribution < 1.29 is 13.3 Å². The number of benzene rings is 1. The van der Waals surface area contributed by atoms with Crippen LogP contribution in [0.2, 0.25) is 0 Å². The Morgan fingerprint density at radius 2 is 2.00 bits per heavy atom. The monoisotopic (exact) mass is 336 g/mol. The second-order valence-electron chi connectivity index (χ2n) is 3.65. The maximum absolute atomic E-state index is 11.9. The van der Waals surface area contributed by atoms with Crippen molar-refractivity contribution in [2.75, 3.05) is 18.9 Å². The number of nitro groups is 1. The normalized spacial score (nSPS) is 11.7. The summed E-state index contributed by atoms with van der Waals surface area (Å²) in [7, 11) is -2.08. The van der Waals surface area contributed by atoms with E-state index in [-0.39, 0.29) is 17.0 Å². The van der Waals surface area contributed by atoms with Crippen LogP contribution in [0, 0.1) is 10.1 Å². The molecule has 0 spiro atoms. The Morgan fingerprint density at radius 3 is 2.56 bits per heavy atom. The molecule has 0 heterocycles. The topological polar surface area (TPSA) is 80.5 Å². The summed E-state index contributed by atoms with van der Waals surface area (Å²) < 4.78 is 25.1. The van der Waals surface area contributed by atoms with E-state index < -0.39 is 14.9 Å². The molecule has 0 aliphatic carbocycles. The fraction of sp³-hybridized carbons (Fsp3) is 0.400. The average Bonchev–Trinajstić information content (AvgIpc) is 2.29. The first-order valence-electron chi connectivity index (χ1n) is 5.10.